The van der Waals surface area contributed by atoms with Gasteiger partial charge < -0.3 is 5.73 Å². The van der Waals surface area contributed by atoms with E-state index in [1.54, 1.807) is 12.1 Å². The Morgan fingerprint density at radius 3 is 2.26 bits per heavy atom. The second-order valence-electron chi connectivity index (χ2n) is 4.22. The van der Waals surface area contributed by atoms with E-state index in [1.165, 1.54) is 12.1 Å². The highest BCUT2D eigenvalue weighted by atomic mass is 35.5. The fraction of sp³-hybridized carbons (Fsp3) is 0.143. The van der Waals surface area contributed by atoms with Crippen molar-refractivity contribution >= 4 is 11.6 Å². The van der Waals surface area contributed by atoms with Gasteiger partial charge in [0.2, 0.25) is 0 Å². The molecule has 0 aromatic heterocycles. The summed E-state index contributed by atoms with van der Waals surface area (Å²) in [7, 11) is 0. The molecule has 0 radical (unpaired) electrons. The molecule has 0 saturated heterocycles. The summed E-state index contributed by atoms with van der Waals surface area (Å²) in [6, 6.07) is 6.86. The van der Waals surface area contributed by atoms with Gasteiger partial charge in [0.05, 0.1) is 5.02 Å². The fourth-order valence-corrected chi connectivity index (χ4v) is 1.96. The highest BCUT2D eigenvalue weighted by Gasteiger charge is 2.15. The van der Waals surface area contributed by atoms with Gasteiger partial charge in [-0.15, -0.1) is 0 Å². The van der Waals surface area contributed by atoms with E-state index in [0.717, 1.165) is 17.7 Å². The topological polar surface area (TPSA) is 26.0 Å². The van der Waals surface area contributed by atoms with Crippen LogP contribution in [0.25, 0.3) is 0 Å². The van der Waals surface area contributed by atoms with Crippen molar-refractivity contribution in [2.45, 2.75) is 12.5 Å². The van der Waals surface area contributed by atoms with Gasteiger partial charge in [-0.3, -0.25) is 0 Å². The third kappa shape index (κ3) is 3.28. The first-order valence-corrected chi connectivity index (χ1v) is 5.99. The van der Waals surface area contributed by atoms with Gasteiger partial charge in [0.15, 0.2) is 0 Å². The van der Waals surface area contributed by atoms with Gasteiger partial charge in [0.1, 0.15) is 17.5 Å². The van der Waals surface area contributed by atoms with Gasteiger partial charge in [-0.05, 0) is 36.2 Å². The van der Waals surface area contributed by atoms with Gasteiger partial charge in [-0.1, -0.05) is 23.7 Å². The summed E-state index contributed by atoms with van der Waals surface area (Å²) in [5.41, 5.74) is 6.63. The Bertz CT molecular complexity index is 584. The quantitative estimate of drug-likeness (QED) is 0.848. The van der Waals surface area contributed by atoms with Crippen LogP contribution in [0.2, 0.25) is 5.02 Å². The van der Waals surface area contributed by atoms with Crippen LogP contribution in [-0.4, -0.2) is 0 Å². The lowest BCUT2D eigenvalue weighted by Gasteiger charge is -2.13. The lowest BCUT2D eigenvalue weighted by molar-refractivity contribution is 0.561. The summed E-state index contributed by atoms with van der Waals surface area (Å²) in [6.45, 7) is 0. The molecule has 0 bridgehead atoms. The van der Waals surface area contributed by atoms with Crippen LogP contribution < -0.4 is 5.73 Å². The van der Waals surface area contributed by atoms with Crippen LogP contribution in [0, 0.1) is 17.5 Å². The number of benzene rings is 2. The Kier molecular flexibility index (Phi) is 4.12. The molecule has 2 aromatic rings. The van der Waals surface area contributed by atoms with E-state index in [1.807, 2.05) is 0 Å². The second kappa shape index (κ2) is 5.63. The first kappa shape index (κ1) is 13.9. The van der Waals surface area contributed by atoms with Crippen LogP contribution in [0.3, 0.4) is 0 Å². The monoisotopic (exact) mass is 285 g/mol. The maximum atomic E-state index is 13.7. The van der Waals surface area contributed by atoms with Crippen LogP contribution in [-0.2, 0) is 6.42 Å². The minimum absolute atomic E-state index is 0.0474. The van der Waals surface area contributed by atoms with E-state index < -0.39 is 17.7 Å². The highest BCUT2D eigenvalue weighted by molar-refractivity contribution is 6.30. The molecule has 0 spiro atoms. The van der Waals surface area contributed by atoms with Crippen molar-refractivity contribution in [3.05, 3.63) is 70.0 Å². The molecule has 2 rings (SSSR count). The largest absolute Gasteiger partial charge is 0.324 e. The maximum Gasteiger partial charge on any atom is 0.142 e. The molecule has 0 amide bonds. The number of rotatable bonds is 3. The molecule has 100 valence electrons. The molecule has 5 heteroatoms. The van der Waals surface area contributed by atoms with Crippen LogP contribution in [0.15, 0.2) is 36.4 Å². The van der Waals surface area contributed by atoms with Gasteiger partial charge >= 0.3 is 0 Å². The van der Waals surface area contributed by atoms with Crippen LogP contribution >= 0.6 is 11.6 Å². The van der Waals surface area contributed by atoms with Gasteiger partial charge in [-0.25, -0.2) is 13.2 Å². The predicted molar refractivity (Wildman–Crippen MR) is 68.4 cm³/mol. The normalized spacial score (nSPS) is 12.5. The Hall–Kier alpha value is -1.52. The molecule has 0 aliphatic carbocycles. The summed E-state index contributed by atoms with van der Waals surface area (Å²) in [4.78, 5) is 0. The van der Waals surface area contributed by atoms with Gasteiger partial charge in [0, 0.05) is 11.6 Å². The molecule has 1 nitrogen and oxygen atoms in total. The molecule has 0 heterocycles. The summed E-state index contributed by atoms with van der Waals surface area (Å²) in [5.74, 6) is -1.73. The zero-order valence-corrected chi connectivity index (χ0v) is 10.6. The van der Waals surface area contributed by atoms with E-state index in [2.05, 4.69) is 0 Å². The lowest BCUT2D eigenvalue weighted by atomic mass is 9.99. The molecule has 0 aliphatic heterocycles. The van der Waals surface area contributed by atoms with Crippen molar-refractivity contribution in [1.82, 2.24) is 0 Å². The van der Waals surface area contributed by atoms with Crippen molar-refractivity contribution in [3.63, 3.8) is 0 Å². The highest BCUT2D eigenvalue weighted by Crippen LogP contribution is 2.25. The van der Waals surface area contributed by atoms with Crippen molar-refractivity contribution in [2.24, 2.45) is 5.73 Å². The standard InChI is InChI=1S/C14H11ClF3N/c15-11-7-12(17)10(6-13(11)18)14(19)5-8-1-3-9(16)4-2-8/h1-4,6-7,14H,5,19H2. The number of halogens is 4. The molecule has 2 aromatic carbocycles. The number of hydrogen-bond donors (Lipinski definition) is 1. The molecular weight excluding hydrogens is 275 g/mol. The molecule has 1 unspecified atom stereocenters. The minimum Gasteiger partial charge on any atom is -0.324 e. The van der Waals surface area contributed by atoms with E-state index in [0.29, 0.717) is 0 Å². The predicted octanol–water partition coefficient (Wildman–Crippen LogP) is 4.00. The van der Waals surface area contributed by atoms with E-state index in [-0.39, 0.29) is 22.8 Å². The molecule has 1 atom stereocenters. The second-order valence-corrected chi connectivity index (χ2v) is 4.63. The van der Waals surface area contributed by atoms with Gasteiger partial charge in [0.25, 0.3) is 0 Å². The molecule has 2 N–H and O–H groups in total. The molecule has 19 heavy (non-hydrogen) atoms. The lowest BCUT2D eigenvalue weighted by Crippen LogP contribution is -2.15. The number of nitrogens with two attached hydrogens (primary N) is 1. The zero-order valence-electron chi connectivity index (χ0n) is 9.84. The summed E-state index contributed by atoms with van der Waals surface area (Å²) < 4.78 is 39.7. The van der Waals surface area contributed by atoms with Gasteiger partial charge in [-0.2, -0.15) is 0 Å². The van der Waals surface area contributed by atoms with Crippen LogP contribution in [0.5, 0.6) is 0 Å². The molecule has 0 aliphatic rings. The van der Waals surface area contributed by atoms with Crippen molar-refractivity contribution in [1.29, 1.82) is 0 Å². The Balaban J connectivity index is 2.22. The molecule has 0 fully saturated rings. The molecule has 0 saturated carbocycles. The third-order valence-electron chi connectivity index (χ3n) is 2.81. The van der Waals surface area contributed by atoms with Crippen LogP contribution in [0.1, 0.15) is 17.2 Å². The van der Waals surface area contributed by atoms with Crippen molar-refractivity contribution in [3.8, 4) is 0 Å². The zero-order chi connectivity index (χ0) is 14.0. The average molecular weight is 286 g/mol. The van der Waals surface area contributed by atoms with Crippen LogP contribution in [0.4, 0.5) is 13.2 Å². The third-order valence-corrected chi connectivity index (χ3v) is 3.10. The first-order valence-electron chi connectivity index (χ1n) is 5.62. The summed E-state index contributed by atoms with van der Waals surface area (Å²) >= 11 is 5.47. The fourth-order valence-electron chi connectivity index (χ4n) is 1.81. The number of hydrogen-bond acceptors (Lipinski definition) is 1. The molecular formula is C14H11ClF3N. The van der Waals surface area contributed by atoms with E-state index >= 15 is 0 Å². The Morgan fingerprint density at radius 2 is 1.63 bits per heavy atom. The van der Waals surface area contributed by atoms with E-state index in [4.69, 9.17) is 17.3 Å². The van der Waals surface area contributed by atoms with Crippen molar-refractivity contribution < 1.29 is 13.2 Å². The SMILES string of the molecule is NC(Cc1ccc(F)cc1)c1cc(F)c(Cl)cc1F. The summed E-state index contributed by atoms with van der Waals surface area (Å²) in [5, 5.41) is -0.282. The Morgan fingerprint density at radius 1 is 1.00 bits per heavy atom. The maximum absolute atomic E-state index is 13.7. The first-order chi connectivity index (χ1) is 8.97. The van der Waals surface area contributed by atoms with Crippen molar-refractivity contribution in [2.75, 3.05) is 0 Å². The Labute approximate surface area is 113 Å². The average Bonchev–Trinajstić information content (AvgIpc) is 2.36. The minimum atomic E-state index is -0.725. The smallest absolute Gasteiger partial charge is 0.142 e. The van der Waals surface area contributed by atoms with E-state index in [9.17, 15) is 13.2 Å². The summed E-state index contributed by atoms with van der Waals surface area (Å²) in [6.07, 6.45) is 0.276.